The van der Waals surface area contributed by atoms with Crippen LogP contribution in [0.4, 0.5) is 8.78 Å². The Hall–Kier alpha value is -4.27. The lowest BCUT2D eigenvalue weighted by Crippen LogP contribution is -2.41. The molecule has 9 heteroatoms. The molecule has 0 atom stereocenters. The SMILES string of the molecule is Cc1nc2c(OCc3c(F)cccc3F)cccn2c1C(=O)NC(C)(C)c1cccc(C(N)=O)c1. The van der Waals surface area contributed by atoms with Gasteiger partial charge in [-0.2, -0.15) is 0 Å². The second-order valence-electron chi connectivity index (χ2n) is 8.62. The smallest absolute Gasteiger partial charge is 0.270 e. The van der Waals surface area contributed by atoms with Crippen LogP contribution < -0.4 is 15.8 Å². The highest BCUT2D eigenvalue weighted by atomic mass is 19.1. The van der Waals surface area contributed by atoms with E-state index in [1.54, 1.807) is 67.8 Å². The average Bonchev–Trinajstić information content (AvgIpc) is 3.15. The molecule has 0 bridgehead atoms. The molecule has 2 aromatic carbocycles. The summed E-state index contributed by atoms with van der Waals surface area (Å²) in [4.78, 5) is 29.3. The monoisotopic (exact) mass is 478 g/mol. The number of hydrogen-bond acceptors (Lipinski definition) is 4. The van der Waals surface area contributed by atoms with E-state index in [1.165, 1.54) is 6.07 Å². The Balaban J connectivity index is 1.62. The lowest BCUT2D eigenvalue weighted by atomic mass is 9.92. The first kappa shape index (κ1) is 23.9. The number of ether oxygens (including phenoxy) is 1. The van der Waals surface area contributed by atoms with E-state index < -0.39 is 29.0 Å². The number of halogens is 2. The highest BCUT2D eigenvalue weighted by Gasteiger charge is 2.27. The van der Waals surface area contributed by atoms with Crippen LogP contribution in [0.25, 0.3) is 5.65 Å². The van der Waals surface area contributed by atoms with Crippen molar-refractivity contribution in [2.45, 2.75) is 32.9 Å². The molecule has 0 aliphatic carbocycles. The van der Waals surface area contributed by atoms with Crippen LogP contribution in [0.5, 0.6) is 5.75 Å². The quantitative estimate of drug-likeness (QED) is 0.415. The van der Waals surface area contributed by atoms with E-state index in [-0.39, 0.29) is 23.6 Å². The van der Waals surface area contributed by atoms with E-state index in [9.17, 15) is 18.4 Å². The van der Waals surface area contributed by atoms with Crippen molar-refractivity contribution in [1.29, 1.82) is 0 Å². The maximum atomic E-state index is 14.0. The number of rotatable bonds is 7. The second-order valence-corrected chi connectivity index (χ2v) is 8.62. The van der Waals surface area contributed by atoms with Gasteiger partial charge in [0.15, 0.2) is 11.4 Å². The number of fused-ring (bicyclic) bond motifs is 1. The third-order valence-electron chi connectivity index (χ3n) is 5.73. The number of nitrogens with one attached hydrogen (secondary N) is 1. The zero-order valence-corrected chi connectivity index (χ0v) is 19.4. The first-order valence-corrected chi connectivity index (χ1v) is 10.8. The standard InChI is InChI=1S/C26H24F2N4O3/c1-15-22(25(34)31-26(2,3)17-8-4-7-16(13-17)23(29)33)32-12-6-11-21(24(32)30-15)35-14-18-19(27)9-5-10-20(18)28/h4-13H,14H2,1-3H3,(H2,29,33)(H,31,34). The molecule has 7 nitrogen and oxygen atoms in total. The van der Waals surface area contributed by atoms with Gasteiger partial charge in [0.05, 0.1) is 16.8 Å². The molecule has 35 heavy (non-hydrogen) atoms. The summed E-state index contributed by atoms with van der Waals surface area (Å²) in [7, 11) is 0. The number of imidazole rings is 1. The van der Waals surface area contributed by atoms with Gasteiger partial charge in [-0.15, -0.1) is 0 Å². The van der Waals surface area contributed by atoms with Gasteiger partial charge in [0.1, 0.15) is 23.9 Å². The lowest BCUT2D eigenvalue weighted by molar-refractivity contribution is 0.0905. The Labute approximate surface area is 200 Å². The van der Waals surface area contributed by atoms with E-state index in [0.717, 1.165) is 12.1 Å². The molecule has 4 rings (SSSR count). The number of nitrogens with zero attached hydrogens (tertiary/aromatic N) is 2. The molecular weight excluding hydrogens is 454 g/mol. The maximum absolute atomic E-state index is 14.0. The Morgan fingerprint density at radius 3 is 2.46 bits per heavy atom. The summed E-state index contributed by atoms with van der Waals surface area (Å²) in [6, 6.07) is 13.6. The van der Waals surface area contributed by atoms with Crippen LogP contribution in [-0.4, -0.2) is 21.2 Å². The number of hydrogen-bond donors (Lipinski definition) is 2. The molecule has 0 spiro atoms. The van der Waals surface area contributed by atoms with Crippen molar-refractivity contribution in [2.24, 2.45) is 5.73 Å². The minimum absolute atomic E-state index is 0.198. The van der Waals surface area contributed by atoms with E-state index in [2.05, 4.69) is 10.3 Å². The number of nitrogens with two attached hydrogens (primary N) is 1. The Bertz CT molecular complexity index is 1430. The predicted molar refractivity (Wildman–Crippen MR) is 126 cm³/mol. The van der Waals surface area contributed by atoms with Crippen molar-refractivity contribution in [3.05, 3.63) is 101 Å². The highest BCUT2D eigenvalue weighted by molar-refractivity contribution is 5.96. The molecule has 2 amide bonds. The minimum Gasteiger partial charge on any atom is -0.485 e. The van der Waals surface area contributed by atoms with Crippen molar-refractivity contribution in [1.82, 2.24) is 14.7 Å². The van der Waals surface area contributed by atoms with Crippen molar-refractivity contribution in [3.8, 4) is 5.75 Å². The molecule has 0 aliphatic heterocycles. The molecule has 2 heterocycles. The summed E-state index contributed by atoms with van der Waals surface area (Å²) in [6.45, 7) is 4.96. The van der Waals surface area contributed by atoms with Crippen LogP contribution in [0.2, 0.25) is 0 Å². The number of carbonyl (C=O) groups excluding carboxylic acids is 2. The number of aromatic nitrogens is 2. The number of pyridine rings is 1. The Morgan fingerprint density at radius 2 is 1.77 bits per heavy atom. The first-order valence-electron chi connectivity index (χ1n) is 10.8. The molecule has 4 aromatic rings. The number of primary amides is 1. The fraction of sp³-hybridized carbons (Fsp3) is 0.192. The summed E-state index contributed by atoms with van der Waals surface area (Å²) in [5.41, 5.74) is 6.44. The third kappa shape index (κ3) is 4.70. The lowest BCUT2D eigenvalue weighted by Gasteiger charge is -2.27. The van der Waals surface area contributed by atoms with Crippen LogP contribution in [0.3, 0.4) is 0 Å². The molecule has 2 aromatic heterocycles. The van der Waals surface area contributed by atoms with Gasteiger partial charge in [-0.25, -0.2) is 13.8 Å². The average molecular weight is 478 g/mol. The fourth-order valence-corrected chi connectivity index (χ4v) is 3.84. The van der Waals surface area contributed by atoms with Crippen molar-refractivity contribution >= 4 is 17.5 Å². The summed E-state index contributed by atoms with van der Waals surface area (Å²) in [5, 5.41) is 2.97. The van der Waals surface area contributed by atoms with Gasteiger partial charge < -0.3 is 15.8 Å². The van der Waals surface area contributed by atoms with E-state index >= 15 is 0 Å². The van der Waals surface area contributed by atoms with Gasteiger partial charge >= 0.3 is 0 Å². The first-order chi connectivity index (χ1) is 16.6. The van der Waals surface area contributed by atoms with Gasteiger partial charge in [0.25, 0.3) is 5.91 Å². The fourth-order valence-electron chi connectivity index (χ4n) is 3.84. The van der Waals surface area contributed by atoms with Gasteiger partial charge in [-0.1, -0.05) is 18.2 Å². The molecule has 0 radical (unpaired) electrons. The van der Waals surface area contributed by atoms with Crippen LogP contribution in [0.15, 0.2) is 60.8 Å². The zero-order chi connectivity index (χ0) is 25.3. The number of benzene rings is 2. The highest BCUT2D eigenvalue weighted by Crippen LogP contribution is 2.26. The van der Waals surface area contributed by atoms with Crippen molar-refractivity contribution < 1.29 is 23.1 Å². The minimum atomic E-state index is -0.838. The van der Waals surface area contributed by atoms with E-state index in [1.807, 2.05) is 0 Å². The molecule has 0 saturated carbocycles. The van der Waals surface area contributed by atoms with Crippen molar-refractivity contribution in [2.75, 3.05) is 0 Å². The Morgan fingerprint density at radius 1 is 1.09 bits per heavy atom. The molecule has 0 saturated heterocycles. The maximum Gasteiger partial charge on any atom is 0.270 e. The normalized spacial score (nSPS) is 11.5. The summed E-state index contributed by atoms with van der Waals surface area (Å²) in [5.74, 6) is -2.11. The van der Waals surface area contributed by atoms with Crippen LogP contribution in [0, 0.1) is 18.6 Å². The van der Waals surface area contributed by atoms with Gasteiger partial charge in [-0.05, 0) is 62.7 Å². The summed E-state index contributed by atoms with van der Waals surface area (Å²) in [6.07, 6.45) is 1.65. The van der Waals surface area contributed by atoms with Gasteiger partial charge in [-0.3, -0.25) is 14.0 Å². The summed E-state index contributed by atoms with van der Waals surface area (Å²) < 4.78 is 35.2. The number of aryl methyl sites for hydroxylation is 1. The molecule has 0 aliphatic rings. The second kappa shape index (κ2) is 9.17. The largest absolute Gasteiger partial charge is 0.485 e. The topological polar surface area (TPSA) is 98.7 Å². The molecule has 0 unspecified atom stereocenters. The number of amides is 2. The van der Waals surface area contributed by atoms with Crippen LogP contribution in [-0.2, 0) is 12.1 Å². The van der Waals surface area contributed by atoms with Crippen LogP contribution >= 0.6 is 0 Å². The van der Waals surface area contributed by atoms with Gasteiger partial charge in [0.2, 0.25) is 5.91 Å². The third-order valence-corrected chi connectivity index (χ3v) is 5.73. The van der Waals surface area contributed by atoms with Crippen LogP contribution in [0.1, 0.15) is 51.5 Å². The molecule has 3 N–H and O–H groups in total. The van der Waals surface area contributed by atoms with E-state index in [0.29, 0.717) is 22.5 Å². The molecule has 0 fully saturated rings. The summed E-state index contributed by atoms with van der Waals surface area (Å²) >= 11 is 0. The molecular formula is C26H24F2N4O3. The van der Waals surface area contributed by atoms with E-state index in [4.69, 9.17) is 10.5 Å². The Kier molecular flexibility index (Phi) is 6.26. The van der Waals surface area contributed by atoms with Gasteiger partial charge in [0, 0.05) is 11.8 Å². The number of carbonyl (C=O) groups is 2. The molecule has 180 valence electrons. The van der Waals surface area contributed by atoms with Crippen molar-refractivity contribution in [3.63, 3.8) is 0 Å². The predicted octanol–water partition coefficient (Wildman–Crippen LogP) is 4.26. The zero-order valence-electron chi connectivity index (χ0n) is 19.4.